The fraction of sp³-hybridized carbons (Fsp3) is 0.913. The third kappa shape index (κ3) is 14.1. The lowest BCUT2D eigenvalue weighted by Gasteiger charge is -2.17. The van der Waals surface area contributed by atoms with Crippen molar-refractivity contribution in [3.05, 3.63) is 23.1 Å². The van der Waals surface area contributed by atoms with Crippen LogP contribution >= 0.6 is 0 Å². The molecule has 0 aliphatic carbocycles. The van der Waals surface area contributed by atoms with E-state index in [0.717, 1.165) is 70.8 Å². The molecule has 1 heterocycles. The summed E-state index contributed by atoms with van der Waals surface area (Å²) >= 11 is 0. The van der Waals surface area contributed by atoms with Gasteiger partial charge in [0.2, 0.25) is 6.04 Å². The fourth-order valence-corrected chi connectivity index (χ4v) is 3.95. The van der Waals surface area contributed by atoms with Crippen LogP contribution < -0.4 is 0 Å². The normalized spacial score (nSPS) is 19.6. The average molecular weight is 382 g/mol. The van der Waals surface area contributed by atoms with Gasteiger partial charge in [-0.15, -0.1) is 0 Å². The highest BCUT2D eigenvalue weighted by atomic mass is 16.6. The minimum absolute atomic E-state index is 0.0581. The number of unbranched alkanes of at least 4 members (excludes halogenated alkanes) is 4. The smallest absolute Gasteiger partial charge is 0.213 e. The van der Waals surface area contributed by atoms with Gasteiger partial charge < -0.3 is 4.74 Å². The van der Waals surface area contributed by atoms with E-state index in [1.54, 1.807) is 0 Å². The van der Waals surface area contributed by atoms with E-state index in [1.165, 1.54) is 57.5 Å². The second-order valence-electron chi connectivity index (χ2n) is 8.21. The van der Waals surface area contributed by atoms with Crippen LogP contribution in [0.5, 0.6) is 0 Å². The highest BCUT2D eigenvalue weighted by Crippen LogP contribution is 2.24. The Morgan fingerprint density at radius 2 is 1.44 bits per heavy atom. The predicted octanol–water partition coefficient (Wildman–Crippen LogP) is 7.44. The number of nitrogens with zero attached hydrogens (tertiary/aromatic N) is 1. The van der Waals surface area contributed by atoms with Crippen LogP contribution in [-0.4, -0.2) is 17.6 Å². The molecule has 0 aromatic rings. The van der Waals surface area contributed by atoms with Crippen molar-refractivity contribution in [3.8, 4) is 0 Å². The highest BCUT2D eigenvalue weighted by Gasteiger charge is 2.20. The molecular weight excluding hydrogens is 338 g/mol. The van der Waals surface area contributed by atoms with E-state index in [4.69, 9.17) is 4.74 Å². The molecule has 1 aliphatic rings. The van der Waals surface area contributed by atoms with Crippen LogP contribution in [0.3, 0.4) is 0 Å². The summed E-state index contributed by atoms with van der Waals surface area (Å²) in [7, 11) is 0. The van der Waals surface area contributed by atoms with Crippen molar-refractivity contribution in [2.75, 3.05) is 6.61 Å². The number of nitro groups is 1. The second-order valence-corrected chi connectivity index (χ2v) is 8.21. The largest absolute Gasteiger partial charge is 0.372 e. The van der Waals surface area contributed by atoms with E-state index >= 15 is 0 Å². The lowest BCUT2D eigenvalue weighted by molar-refractivity contribution is -0.524. The number of hydrogen-bond acceptors (Lipinski definition) is 3. The molecule has 1 rings (SSSR count). The summed E-state index contributed by atoms with van der Waals surface area (Å²) in [6, 6.07) is -0.375. The molecule has 0 N–H and O–H groups in total. The number of rotatable bonds is 11. The molecule has 0 bridgehead atoms. The Morgan fingerprint density at radius 3 is 2.11 bits per heavy atom. The Morgan fingerprint density at radius 1 is 0.852 bits per heavy atom. The summed E-state index contributed by atoms with van der Waals surface area (Å²) in [6.07, 6.45) is 22.5. The maximum Gasteiger partial charge on any atom is 0.213 e. The van der Waals surface area contributed by atoms with Gasteiger partial charge >= 0.3 is 0 Å². The molecule has 0 saturated carbocycles. The summed E-state index contributed by atoms with van der Waals surface area (Å²) in [5.41, 5.74) is 0. The van der Waals surface area contributed by atoms with Crippen molar-refractivity contribution in [3.63, 3.8) is 0 Å². The molecule has 4 heteroatoms. The molecule has 1 unspecified atom stereocenters. The van der Waals surface area contributed by atoms with Crippen molar-refractivity contribution < 1.29 is 9.66 Å². The van der Waals surface area contributed by atoms with Crippen LogP contribution in [0.25, 0.3) is 0 Å². The first kappa shape index (κ1) is 24.4. The molecule has 1 aliphatic heterocycles. The third-order valence-corrected chi connectivity index (χ3v) is 5.73. The van der Waals surface area contributed by atoms with Gasteiger partial charge in [0.15, 0.2) is 0 Å². The Hall–Kier alpha value is -0.640. The zero-order valence-corrected chi connectivity index (χ0v) is 17.6. The van der Waals surface area contributed by atoms with Crippen molar-refractivity contribution >= 4 is 0 Å². The summed E-state index contributed by atoms with van der Waals surface area (Å²) in [6.45, 7) is 4.68. The first-order valence-corrected chi connectivity index (χ1v) is 11.6. The quantitative estimate of drug-likeness (QED) is 0.212. The summed E-state index contributed by atoms with van der Waals surface area (Å²) in [5, 5.41) is 11.3. The van der Waals surface area contributed by atoms with Gasteiger partial charge in [0.1, 0.15) is 0 Å². The molecule has 158 valence electrons. The Bertz CT molecular complexity index is 335. The predicted molar refractivity (Wildman–Crippen MR) is 113 cm³/mol. The van der Waals surface area contributed by atoms with Gasteiger partial charge in [0.05, 0.1) is 6.10 Å². The minimum Gasteiger partial charge on any atom is -0.372 e. The molecule has 4 nitrogen and oxygen atoms in total. The van der Waals surface area contributed by atoms with E-state index in [1.807, 2.05) is 0 Å². The van der Waals surface area contributed by atoms with Gasteiger partial charge in [0, 0.05) is 24.4 Å². The van der Waals surface area contributed by atoms with Crippen LogP contribution in [-0.2, 0) is 4.74 Å². The SMILES string of the molecule is [CH2]CCCCCCC(CCC[C]1CCCCCCCCCCCO1)[N+](=O)[O-]. The third-order valence-electron chi connectivity index (χ3n) is 5.73. The van der Waals surface area contributed by atoms with Gasteiger partial charge in [-0.1, -0.05) is 84.0 Å². The molecule has 0 spiro atoms. The van der Waals surface area contributed by atoms with Gasteiger partial charge in [-0.25, -0.2) is 0 Å². The van der Waals surface area contributed by atoms with Crippen LogP contribution in [0.2, 0.25) is 0 Å². The minimum atomic E-state index is -0.375. The Balaban J connectivity index is 2.26. The molecule has 1 saturated heterocycles. The molecule has 1 fully saturated rings. The Kier molecular flexibility index (Phi) is 15.8. The van der Waals surface area contributed by atoms with Gasteiger partial charge in [-0.05, 0) is 32.1 Å². The maximum absolute atomic E-state index is 11.3. The van der Waals surface area contributed by atoms with Crippen molar-refractivity contribution in [2.45, 2.75) is 128 Å². The second kappa shape index (κ2) is 17.5. The summed E-state index contributed by atoms with van der Waals surface area (Å²) < 4.78 is 6.06. The van der Waals surface area contributed by atoms with E-state index in [-0.39, 0.29) is 11.0 Å². The van der Waals surface area contributed by atoms with Gasteiger partial charge in [0.25, 0.3) is 0 Å². The lowest BCUT2D eigenvalue weighted by Crippen LogP contribution is -2.19. The molecule has 27 heavy (non-hydrogen) atoms. The number of hydrogen-bond donors (Lipinski definition) is 0. The first-order chi connectivity index (χ1) is 13.2. The molecule has 2 radical (unpaired) electrons. The lowest BCUT2D eigenvalue weighted by atomic mass is 9.99. The van der Waals surface area contributed by atoms with E-state index < -0.39 is 0 Å². The van der Waals surface area contributed by atoms with Crippen LogP contribution in [0.4, 0.5) is 0 Å². The maximum atomic E-state index is 11.3. The first-order valence-electron chi connectivity index (χ1n) is 11.6. The molecule has 0 amide bonds. The van der Waals surface area contributed by atoms with Crippen molar-refractivity contribution in [1.29, 1.82) is 0 Å². The highest BCUT2D eigenvalue weighted by molar-refractivity contribution is 4.79. The van der Waals surface area contributed by atoms with Crippen molar-refractivity contribution in [1.82, 2.24) is 0 Å². The van der Waals surface area contributed by atoms with Gasteiger partial charge in [-0.2, -0.15) is 0 Å². The van der Waals surface area contributed by atoms with E-state index in [9.17, 15) is 10.1 Å². The van der Waals surface area contributed by atoms with E-state index in [0.29, 0.717) is 6.42 Å². The topological polar surface area (TPSA) is 52.4 Å². The zero-order chi connectivity index (χ0) is 19.6. The zero-order valence-electron chi connectivity index (χ0n) is 17.6. The molecular formula is C23H43NO3. The van der Waals surface area contributed by atoms with Crippen molar-refractivity contribution in [2.24, 2.45) is 0 Å². The van der Waals surface area contributed by atoms with Gasteiger partial charge in [-0.3, -0.25) is 10.1 Å². The average Bonchev–Trinajstić information content (AvgIpc) is 2.68. The van der Waals surface area contributed by atoms with Crippen LogP contribution in [0, 0.1) is 23.1 Å². The van der Waals surface area contributed by atoms with E-state index in [2.05, 4.69) is 6.92 Å². The Labute approximate surface area is 168 Å². The standard InChI is InChI=1S/C23H43NO3/c1-2-3-4-10-13-17-22(24(25)26)18-16-20-23-19-14-11-8-6-5-7-9-12-15-21-27-23/h22H,1-21H2. The van der Waals surface area contributed by atoms with Crippen LogP contribution in [0.15, 0.2) is 0 Å². The fourth-order valence-electron chi connectivity index (χ4n) is 3.95. The summed E-state index contributed by atoms with van der Waals surface area (Å²) in [5.74, 6) is 0. The molecule has 0 aromatic heterocycles. The summed E-state index contributed by atoms with van der Waals surface area (Å²) in [4.78, 5) is 11.3. The monoisotopic (exact) mass is 381 g/mol. The molecule has 0 aromatic carbocycles. The molecule has 1 atom stereocenters. The number of ether oxygens (including phenoxy) is 1. The van der Waals surface area contributed by atoms with Crippen LogP contribution in [0.1, 0.15) is 122 Å².